The van der Waals surface area contributed by atoms with Gasteiger partial charge >= 0.3 is 6.09 Å². The van der Waals surface area contributed by atoms with E-state index >= 15 is 0 Å². The summed E-state index contributed by atoms with van der Waals surface area (Å²) < 4.78 is 0. The summed E-state index contributed by atoms with van der Waals surface area (Å²) in [5, 5.41) is 20.0. The van der Waals surface area contributed by atoms with Crippen LogP contribution in [0.3, 0.4) is 0 Å². The lowest BCUT2D eigenvalue weighted by molar-refractivity contribution is 0.124. The molecule has 1 atom stereocenters. The largest absolute Gasteiger partial charge is 0.465 e. The van der Waals surface area contributed by atoms with Crippen LogP contribution in [0.15, 0.2) is 5.16 Å². The Morgan fingerprint density at radius 3 is 2.77 bits per heavy atom. The average molecular weight is 207 g/mol. The predicted molar refractivity (Wildman–Crippen MR) is 47.4 cm³/mol. The minimum atomic E-state index is -1.02. The number of rotatable bonds is 1. The summed E-state index contributed by atoms with van der Waals surface area (Å²) in [6, 6.07) is -0.474. The minimum Gasteiger partial charge on any atom is -0.465 e. The van der Waals surface area contributed by atoms with Gasteiger partial charge in [-0.25, -0.2) is 4.79 Å². The Morgan fingerprint density at radius 2 is 2.23 bits per heavy atom. The standard InChI is InChI=1S/C7H11ClN2O3/c8-6(9-13)5-3-1-2-4-10(5)7(11)12/h5,13H,1-4H2,(H,11,12)/b9-6+. The molecule has 0 aliphatic carbocycles. The Morgan fingerprint density at radius 1 is 1.54 bits per heavy atom. The molecule has 2 N–H and O–H groups in total. The zero-order chi connectivity index (χ0) is 9.84. The molecule has 0 spiro atoms. The first kappa shape index (κ1) is 10.1. The van der Waals surface area contributed by atoms with Crippen molar-refractivity contribution in [2.45, 2.75) is 25.3 Å². The van der Waals surface area contributed by atoms with Gasteiger partial charge in [0.25, 0.3) is 0 Å². The van der Waals surface area contributed by atoms with Crippen molar-refractivity contribution in [1.29, 1.82) is 0 Å². The van der Waals surface area contributed by atoms with E-state index < -0.39 is 12.1 Å². The van der Waals surface area contributed by atoms with Crippen LogP contribution < -0.4 is 0 Å². The number of hydrogen-bond donors (Lipinski definition) is 2. The quantitative estimate of drug-likeness (QED) is 0.388. The molecule has 0 aromatic heterocycles. The van der Waals surface area contributed by atoms with Gasteiger partial charge in [-0.3, -0.25) is 4.90 Å². The van der Waals surface area contributed by atoms with Crippen LogP contribution in [0.25, 0.3) is 0 Å². The number of carboxylic acid groups (broad SMARTS) is 1. The SMILES string of the molecule is O=C(O)N1CCCCC1/C(Cl)=N\O. The fraction of sp³-hybridized carbons (Fsp3) is 0.714. The summed E-state index contributed by atoms with van der Waals surface area (Å²) in [7, 11) is 0. The topological polar surface area (TPSA) is 73.1 Å². The highest BCUT2D eigenvalue weighted by Crippen LogP contribution is 2.19. The fourth-order valence-corrected chi connectivity index (χ4v) is 1.70. The lowest BCUT2D eigenvalue weighted by Crippen LogP contribution is -2.46. The second-order valence-corrected chi connectivity index (χ2v) is 3.30. The van der Waals surface area contributed by atoms with Crippen LogP contribution in [0.5, 0.6) is 0 Å². The third kappa shape index (κ3) is 2.24. The molecule has 1 aliphatic heterocycles. The summed E-state index contributed by atoms with van der Waals surface area (Å²) in [4.78, 5) is 11.9. The first-order valence-corrected chi connectivity index (χ1v) is 4.41. The molecule has 1 heterocycles. The minimum absolute atomic E-state index is 0.0536. The lowest BCUT2D eigenvalue weighted by atomic mass is 10.0. The second kappa shape index (κ2) is 4.32. The van der Waals surface area contributed by atoms with E-state index in [0.717, 1.165) is 12.8 Å². The van der Waals surface area contributed by atoms with Gasteiger partial charge in [-0.2, -0.15) is 0 Å². The maximum absolute atomic E-state index is 10.7. The Kier molecular flexibility index (Phi) is 3.36. The molecule has 1 saturated heterocycles. The van der Waals surface area contributed by atoms with E-state index in [1.807, 2.05) is 0 Å². The molecule has 0 aromatic rings. The van der Waals surface area contributed by atoms with Crippen molar-refractivity contribution < 1.29 is 15.1 Å². The summed E-state index contributed by atoms with van der Waals surface area (Å²) in [6.45, 7) is 0.450. The molecule has 0 saturated carbocycles. The highest BCUT2D eigenvalue weighted by Gasteiger charge is 2.29. The van der Waals surface area contributed by atoms with Gasteiger partial charge in [-0.05, 0) is 19.3 Å². The van der Waals surface area contributed by atoms with Crippen LogP contribution in [0, 0.1) is 0 Å². The van der Waals surface area contributed by atoms with Crippen molar-refractivity contribution in [2.75, 3.05) is 6.54 Å². The average Bonchev–Trinajstić information content (AvgIpc) is 2.16. The third-order valence-electron chi connectivity index (χ3n) is 2.12. The van der Waals surface area contributed by atoms with Gasteiger partial charge in [0.1, 0.15) is 0 Å². The van der Waals surface area contributed by atoms with Crippen molar-refractivity contribution in [3.05, 3.63) is 0 Å². The number of likely N-dealkylation sites (tertiary alicyclic amines) is 1. The molecule has 0 aromatic carbocycles. The summed E-state index contributed by atoms with van der Waals surface area (Å²) in [5.74, 6) is 0. The van der Waals surface area contributed by atoms with Gasteiger partial charge in [0, 0.05) is 6.54 Å². The molecule has 1 aliphatic rings. The van der Waals surface area contributed by atoms with Gasteiger partial charge in [-0.1, -0.05) is 16.8 Å². The molecule has 0 bridgehead atoms. The molecule has 6 heteroatoms. The molecule has 5 nitrogen and oxygen atoms in total. The molecular formula is C7H11ClN2O3. The van der Waals surface area contributed by atoms with E-state index in [4.69, 9.17) is 21.9 Å². The molecule has 1 rings (SSSR count). The van der Waals surface area contributed by atoms with E-state index in [1.54, 1.807) is 0 Å². The van der Waals surface area contributed by atoms with Crippen LogP contribution in [0.4, 0.5) is 4.79 Å². The van der Waals surface area contributed by atoms with E-state index in [1.165, 1.54) is 4.90 Å². The first-order valence-electron chi connectivity index (χ1n) is 4.04. The van der Waals surface area contributed by atoms with Crippen LogP contribution >= 0.6 is 11.6 Å². The summed E-state index contributed by atoms with van der Waals surface area (Å²) >= 11 is 5.58. The maximum Gasteiger partial charge on any atom is 0.407 e. The molecular weight excluding hydrogens is 196 g/mol. The van der Waals surface area contributed by atoms with E-state index in [9.17, 15) is 4.79 Å². The smallest absolute Gasteiger partial charge is 0.407 e. The predicted octanol–water partition coefficient (Wildman–Crippen LogP) is 1.55. The van der Waals surface area contributed by atoms with Gasteiger partial charge in [0.15, 0.2) is 5.17 Å². The number of nitrogens with zero attached hydrogens (tertiary/aromatic N) is 2. The molecule has 0 radical (unpaired) electrons. The first-order chi connectivity index (χ1) is 6.16. The zero-order valence-electron chi connectivity index (χ0n) is 6.98. The Labute approximate surface area is 80.6 Å². The number of hydrogen-bond acceptors (Lipinski definition) is 3. The van der Waals surface area contributed by atoms with Gasteiger partial charge in [0.2, 0.25) is 0 Å². The van der Waals surface area contributed by atoms with E-state index in [0.29, 0.717) is 13.0 Å². The monoisotopic (exact) mass is 206 g/mol. The van der Waals surface area contributed by atoms with Crippen LogP contribution in [-0.4, -0.2) is 39.1 Å². The Balaban J connectivity index is 2.73. The number of carbonyl (C=O) groups is 1. The molecule has 1 amide bonds. The van der Waals surface area contributed by atoms with Crippen molar-refractivity contribution in [2.24, 2.45) is 5.16 Å². The number of piperidine rings is 1. The van der Waals surface area contributed by atoms with E-state index in [2.05, 4.69) is 5.16 Å². The number of oxime groups is 1. The normalized spacial score (nSPS) is 24.5. The Hall–Kier alpha value is -0.970. The molecule has 1 unspecified atom stereocenters. The summed E-state index contributed by atoms with van der Waals surface area (Å²) in [6.07, 6.45) is 1.33. The van der Waals surface area contributed by atoms with Crippen LogP contribution in [-0.2, 0) is 0 Å². The van der Waals surface area contributed by atoms with Crippen molar-refractivity contribution in [1.82, 2.24) is 4.90 Å². The highest BCUT2D eigenvalue weighted by atomic mass is 35.5. The summed E-state index contributed by atoms with van der Waals surface area (Å²) in [5.41, 5.74) is 0. The number of amides is 1. The second-order valence-electron chi connectivity index (χ2n) is 2.91. The van der Waals surface area contributed by atoms with Crippen LogP contribution in [0.2, 0.25) is 0 Å². The maximum atomic E-state index is 10.7. The van der Waals surface area contributed by atoms with Crippen molar-refractivity contribution in [3.8, 4) is 0 Å². The van der Waals surface area contributed by atoms with E-state index in [-0.39, 0.29) is 5.17 Å². The number of halogens is 1. The molecule has 1 fully saturated rings. The lowest BCUT2D eigenvalue weighted by Gasteiger charge is -2.31. The fourth-order valence-electron chi connectivity index (χ4n) is 1.47. The van der Waals surface area contributed by atoms with Gasteiger partial charge < -0.3 is 10.3 Å². The van der Waals surface area contributed by atoms with Gasteiger partial charge in [-0.15, -0.1) is 0 Å². The molecule has 74 valence electrons. The van der Waals surface area contributed by atoms with Crippen molar-refractivity contribution >= 4 is 22.9 Å². The zero-order valence-corrected chi connectivity index (χ0v) is 7.74. The Bertz CT molecular complexity index is 232. The van der Waals surface area contributed by atoms with Crippen LogP contribution in [0.1, 0.15) is 19.3 Å². The van der Waals surface area contributed by atoms with Gasteiger partial charge in [0.05, 0.1) is 6.04 Å². The molecule has 13 heavy (non-hydrogen) atoms. The van der Waals surface area contributed by atoms with Crippen molar-refractivity contribution in [3.63, 3.8) is 0 Å². The third-order valence-corrected chi connectivity index (χ3v) is 2.45. The highest BCUT2D eigenvalue weighted by molar-refractivity contribution is 6.66.